The van der Waals surface area contributed by atoms with Gasteiger partial charge in [-0.3, -0.25) is 24.6 Å². The van der Waals surface area contributed by atoms with Crippen molar-refractivity contribution in [3.63, 3.8) is 0 Å². The second-order valence-corrected chi connectivity index (χ2v) is 9.31. The fourth-order valence-electron chi connectivity index (χ4n) is 3.38. The molecule has 160 valence electrons. The van der Waals surface area contributed by atoms with Gasteiger partial charge in [-0.2, -0.15) is 0 Å². The van der Waals surface area contributed by atoms with Gasteiger partial charge in [0, 0.05) is 11.3 Å². The van der Waals surface area contributed by atoms with E-state index in [1.54, 1.807) is 0 Å². The van der Waals surface area contributed by atoms with Gasteiger partial charge in [0.25, 0.3) is 5.91 Å². The van der Waals surface area contributed by atoms with Crippen molar-refractivity contribution in [3.05, 3.63) is 52.8 Å². The number of aromatic nitrogens is 1. The fraction of sp³-hybridized carbons (Fsp3) is 0.211. The largest absolute Gasteiger partial charge is 0.351 e. The van der Waals surface area contributed by atoms with Crippen molar-refractivity contribution in [1.29, 1.82) is 0 Å². The number of primary amides is 1. The van der Waals surface area contributed by atoms with Crippen LogP contribution in [-0.2, 0) is 20.8 Å². The number of hydrogen-bond acceptors (Lipinski definition) is 7. The summed E-state index contributed by atoms with van der Waals surface area (Å²) in [7, 11) is 0. The maximum atomic E-state index is 12.8. The minimum Gasteiger partial charge on any atom is -0.351 e. The van der Waals surface area contributed by atoms with Gasteiger partial charge in [0.1, 0.15) is 27.1 Å². The normalized spacial score (nSPS) is 20.0. The van der Waals surface area contributed by atoms with Crippen LogP contribution in [-0.4, -0.2) is 50.0 Å². The number of thiol groups is 1. The Morgan fingerprint density at radius 3 is 2.68 bits per heavy atom. The molecule has 0 aliphatic carbocycles. The Balaban J connectivity index is 1.51. The van der Waals surface area contributed by atoms with E-state index in [1.807, 2.05) is 30.3 Å². The second kappa shape index (κ2) is 8.73. The minimum atomic E-state index is -0.722. The van der Waals surface area contributed by atoms with E-state index in [0.29, 0.717) is 21.3 Å². The van der Waals surface area contributed by atoms with Crippen LogP contribution < -0.4 is 16.4 Å². The second-order valence-electron chi connectivity index (χ2n) is 6.77. The molecule has 31 heavy (non-hydrogen) atoms. The van der Waals surface area contributed by atoms with E-state index in [2.05, 4.69) is 28.2 Å². The number of thioether (sulfide) groups is 1. The highest BCUT2D eigenvalue weighted by Gasteiger charge is 2.54. The van der Waals surface area contributed by atoms with Crippen molar-refractivity contribution in [2.75, 3.05) is 11.1 Å². The van der Waals surface area contributed by atoms with Gasteiger partial charge in [-0.25, -0.2) is 9.78 Å². The molecule has 0 saturated carbocycles. The summed E-state index contributed by atoms with van der Waals surface area (Å²) in [4.78, 5) is 54.1. The third-order valence-electron chi connectivity index (χ3n) is 4.71. The molecule has 2 aliphatic rings. The van der Waals surface area contributed by atoms with Crippen LogP contribution in [0.3, 0.4) is 0 Å². The highest BCUT2D eigenvalue weighted by molar-refractivity contribution is 8.00. The molecule has 12 heteroatoms. The number of fused-ring (bicyclic) bond motifs is 1. The summed E-state index contributed by atoms with van der Waals surface area (Å²) < 4.78 is 0. The predicted octanol–water partition coefficient (Wildman–Crippen LogP) is 1.44. The number of nitrogens with two attached hydrogens (primary N) is 1. The molecule has 1 aromatic heterocycles. The van der Waals surface area contributed by atoms with Crippen LogP contribution >= 0.6 is 35.7 Å². The van der Waals surface area contributed by atoms with Crippen molar-refractivity contribution in [3.8, 4) is 0 Å². The van der Waals surface area contributed by atoms with Crippen molar-refractivity contribution in [2.24, 2.45) is 5.73 Å². The van der Waals surface area contributed by atoms with Crippen molar-refractivity contribution < 1.29 is 19.2 Å². The Bertz CT molecular complexity index is 1100. The zero-order chi connectivity index (χ0) is 22.1. The lowest BCUT2D eigenvalue weighted by Gasteiger charge is -2.49. The van der Waals surface area contributed by atoms with E-state index in [9.17, 15) is 19.2 Å². The number of carbonyl (C=O) groups is 4. The monoisotopic (exact) mass is 475 g/mol. The highest BCUT2D eigenvalue weighted by Crippen LogP contribution is 2.44. The van der Waals surface area contributed by atoms with Crippen LogP contribution in [0.1, 0.15) is 10.6 Å². The van der Waals surface area contributed by atoms with E-state index in [0.717, 1.165) is 16.9 Å². The van der Waals surface area contributed by atoms with Crippen molar-refractivity contribution in [2.45, 2.75) is 17.8 Å². The van der Waals surface area contributed by atoms with Crippen LogP contribution in [0, 0.1) is 0 Å². The average Bonchev–Trinajstić information content (AvgIpc) is 3.19. The first kappa shape index (κ1) is 21.4. The van der Waals surface area contributed by atoms with E-state index in [4.69, 9.17) is 5.73 Å². The summed E-state index contributed by atoms with van der Waals surface area (Å²) in [5.74, 6) is -0.244. The van der Waals surface area contributed by atoms with Crippen LogP contribution in [0.5, 0.6) is 0 Å². The van der Waals surface area contributed by atoms with Crippen LogP contribution in [0.25, 0.3) is 5.57 Å². The van der Waals surface area contributed by atoms with Gasteiger partial charge in [0.2, 0.25) is 11.0 Å². The number of benzene rings is 1. The van der Waals surface area contributed by atoms with Gasteiger partial charge < -0.3 is 11.1 Å². The van der Waals surface area contributed by atoms with E-state index in [1.165, 1.54) is 22.9 Å². The summed E-state index contributed by atoms with van der Waals surface area (Å²) in [5.41, 5.74) is 6.65. The molecule has 4 N–H and O–H groups in total. The molecular weight excluding hydrogens is 458 g/mol. The Labute approximate surface area is 190 Å². The summed E-state index contributed by atoms with van der Waals surface area (Å²) in [6.45, 7) is 0. The number of nitrogens with zero attached hydrogens (tertiary/aromatic N) is 2. The lowest BCUT2D eigenvalue weighted by molar-refractivity contribution is -0.146. The molecule has 0 unspecified atom stereocenters. The topological polar surface area (TPSA) is 134 Å². The molecule has 0 bridgehead atoms. The number of amides is 4. The molecule has 4 rings (SSSR count). The number of β-lactam (4-membered cyclic amide) rings is 1. The molecule has 2 atom stereocenters. The minimum absolute atomic E-state index is 0.144. The number of hydrogen-bond donors (Lipinski definition) is 4. The summed E-state index contributed by atoms with van der Waals surface area (Å²) in [5, 5.41) is 5.15. The maximum absolute atomic E-state index is 12.8. The Morgan fingerprint density at radius 1 is 1.26 bits per heavy atom. The highest BCUT2D eigenvalue weighted by atomic mass is 32.2. The average molecular weight is 476 g/mol. The van der Waals surface area contributed by atoms with Gasteiger partial charge in [-0.1, -0.05) is 54.3 Å². The number of urea groups is 1. The van der Waals surface area contributed by atoms with Crippen molar-refractivity contribution >= 4 is 69.3 Å². The van der Waals surface area contributed by atoms with E-state index in [-0.39, 0.29) is 23.9 Å². The third kappa shape index (κ3) is 4.31. The first-order valence-corrected chi connectivity index (χ1v) is 11.4. The molecule has 1 saturated heterocycles. The number of rotatable bonds is 6. The van der Waals surface area contributed by atoms with Gasteiger partial charge in [0.15, 0.2) is 0 Å². The molecule has 2 aliphatic heterocycles. The van der Waals surface area contributed by atoms with E-state index < -0.39 is 22.6 Å². The number of anilines is 1. The Kier molecular flexibility index (Phi) is 6.03. The third-order valence-corrected chi connectivity index (χ3v) is 7.17. The molecule has 0 spiro atoms. The van der Waals surface area contributed by atoms with Gasteiger partial charge in [0.05, 0.1) is 12.6 Å². The van der Waals surface area contributed by atoms with Crippen LogP contribution in [0.4, 0.5) is 9.80 Å². The predicted molar refractivity (Wildman–Crippen MR) is 121 cm³/mol. The standard InChI is InChI=1S/C19H17N5O4S3/c20-19(28)23-12-7-21-15(31-12)10-8-30-17-13(16(26)24(17)14(10)18(27)29)22-11(25)6-9-4-2-1-3-5-9/h1-5,7,13,17H,6,8H2,(H,22,25)(H,27,29)(H3,20,23,28)/t13-,17-/m1/s1. The van der Waals surface area contributed by atoms with Crippen LogP contribution in [0.15, 0.2) is 42.2 Å². The lowest BCUT2D eigenvalue weighted by Crippen LogP contribution is -2.70. The Hall–Kier alpha value is -2.83. The number of carbonyl (C=O) groups excluding carboxylic acids is 4. The fourth-order valence-corrected chi connectivity index (χ4v) is 5.92. The summed E-state index contributed by atoms with van der Waals surface area (Å²) in [6, 6.07) is 7.79. The van der Waals surface area contributed by atoms with Crippen LogP contribution in [0.2, 0.25) is 0 Å². The van der Waals surface area contributed by atoms with Crippen molar-refractivity contribution in [1.82, 2.24) is 15.2 Å². The molecule has 9 nitrogen and oxygen atoms in total. The maximum Gasteiger partial charge on any atom is 0.317 e. The summed E-state index contributed by atoms with van der Waals surface area (Å²) >= 11 is 6.52. The van der Waals surface area contributed by atoms with E-state index >= 15 is 0 Å². The SMILES string of the molecule is NC(=O)Nc1cnc(C2=C(C(=O)S)N3C(=O)[C@@H](NC(=O)Cc4ccccc4)[C@H]3SC2)s1. The van der Waals surface area contributed by atoms with Gasteiger partial charge in [-0.15, -0.1) is 11.8 Å². The molecule has 1 fully saturated rings. The molecule has 2 aromatic rings. The molecule has 3 heterocycles. The zero-order valence-electron chi connectivity index (χ0n) is 15.9. The smallest absolute Gasteiger partial charge is 0.317 e. The number of nitrogens with one attached hydrogen (secondary N) is 2. The van der Waals surface area contributed by atoms with Gasteiger partial charge >= 0.3 is 6.03 Å². The molecule has 1 aromatic carbocycles. The summed E-state index contributed by atoms with van der Waals surface area (Å²) in [6.07, 6.45) is 1.59. The quantitative estimate of drug-likeness (QED) is 0.369. The molecule has 4 amide bonds. The molecule has 0 radical (unpaired) electrons. The van der Waals surface area contributed by atoms with Gasteiger partial charge in [-0.05, 0) is 5.56 Å². The lowest BCUT2D eigenvalue weighted by atomic mass is 10.0. The number of thiazole rings is 1. The first-order chi connectivity index (χ1) is 14.8. The zero-order valence-corrected chi connectivity index (χ0v) is 18.4. The Morgan fingerprint density at radius 2 is 2.00 bits per heavy atom. The molecular formula is C19H17N5O4S3. The first-order valence-electron chi connectivity index (χ1n) is 9.12.